The molecule has 2 fully saturated rings. The summed E-state index contributed by atoms with van der Waals surface area (Å²) in [5.74, 6) is -1.06. The molecule has 3 heteroatoms. The summed E-state index contributed by atoms with van der Waals surface area (Å²) < 4.78 is 26.1. The van der Waals surface area contributed by atoms with Gasteiger partial charge in [-0.1, -0.05) is 6.07 Å². The van der Waals surface area contributed by atoms with E-state index in [0.717, 1.165) is 25.1 Å². The van der Waals surface area contributed by atoms with E-state index in [-0.39, 0.29) is 0 Å². The number of benzene rings is 1. The van der Waals surface area contributed by atoms with E-state index >= 15 is 0 Å². The zero-order valence-electron chi connectivity index (χ0n) is 9.10. The van der Waals surface area contributed by atoms with Crippen LogP contribution in [0.5, 0.6) is 0 Å². The summed E-state index contributed by atoms with van der Waals surface area (Å²) in [7, 11) is 0. The van der Waals surface area contributed by atoms with Crippen molar-refractivity contribution in [1.82, 2.24) is 5.32 Å². The smallest absolute Gasteiger partial charge is 0.159 e. The van der Waals surface area contributed by atoms with E-state index in [9.17, 15) is 8.78 Å². The van der Waals surface area contributed by atoms with Gasteiger partial charge < -0.3 is 5.32 Å². The summed E-state index contributed by atoms with van der Waals surface area (Å²) in [4.78, 5) is 0. The largest absolute Gasteiger partial charge is 0.316 e. The Morgan fingerprint density at radius 2 is 2.00 bits per heavy atom. The molecule has 2 aliphatic rings. The zero-order valence-corrected chi connectivity index (χ0v) is 9.10. The van der Waals surface area contributed by atoms with Gasteiger partial charge in [0, 0.05) is 6.54 Å². The van der Waals surface area contributed by atoms with E-state index in [0.29, 0.717) is 11.3 Å². The van der Waals surface area contributed by atoms with Crippen LogP contribution < -0.4 is 5.32 Å². The zero-order chi connectivity index (χ0) is 11.2. The molecule has 1 aromatic rings. The molecule has 1 N–H and O–H groups in total. The molecule has 0 radical (unpaired) electrons. The van der Waals surface area contributed by atoms with Gasteiger partial charge in [-0.3, -0.25) is 0 Å². The van der Waals surface area contributed by atoms with Crippen molar-refractivity contribution in [3.8, 4) is 0 Å². The van der Waals surface area contributed by atoms with Crippen LogP contribution >= 0.6 is 0 Å². The Kier molecular flexibility index (Phi) is 2.25. The second kappa shape index (κ2) is 3.52. The maximum atomic E-state index is 13.2. The molecule has 16 heavy (non-hydrogen) atoms. The molecule has 0 amide bonds. The highest BCUT2D eigenvalue weighted by Gasteiger charge is 2.50. The van der Waals surface area contributed by atoms with Crippen LogP contribution in [0, 0.1) is 17.0 Å². The number of hydrogen-bond acceptors (Lipinski definition) is 1. The van der Waals surface area contributed by atoms with Crippen LogP contribution in [0.2, 0.25) is 0 Å². The van der Waals surface area contributed by atoms with Gasteiger partial charge in [0.05, 0.1) is 0 Å². The average Bonchev–Trinajstić information content (AvgIpc) is 3.04. The first-order chi connectivity index (χ1) is 7.71. The topological polar surface area (TPSA) is 12.0 Å². The van der Waals surface area contributed by atoms with Crippen molar-refractivity contribution in [2.45, 2.75) is 25.2 Å². The van der Waals surface area contributed by atoms with Crippen LogP contribution in [-0.4, -0.2) is 13.1 Å². The highest BCUT2D eigenvalue weighted by Crippen LogP contribution is 2.58. The van der Waals surface area contributed by atoms with E-state index in [1.165, 1.54) is 25.0 Å². The van der Waals surface area contributed by atoms with E-state index in [4.69, 9.17) is 0 Å². The van der Waals surface area contributed by atoms with E-state index in [1.807, 2.05) is 0 Å². The van der Waals surface area contributed by atoms with Crippen molar-refractivity contribution in [3.63, 3.8) is 0 Å². The van der Waals surface area contributed by atoms with Gasteiger partial charge in [-0.2, -0.15) is 0 Å². The average molecular weight is 223 g/mol. The van der Waals surface area contributed by atoms with E-state index in [2.05, 4.69) is 5.32 Å². The number of halogens is 2. The molecule has 0 unspecified atom stereocenters. The lowest BCUT2D eigenvalue weighted by Crippen LogP contribution is -2.36. The summed E-state index contributed by atoms with van der Waals surface area (Å²) in [5.41, 5.74) is 1.31. The molecule has 1 saturated heterocycles. The first kappa shape index (κ1) is 10.2. The third-order valence-corrected chi connectivity index (χ3v) is 4.06. The second-order valence-corrected chi connectivity index (χ2v) is 5.05. The molecule has 0 aromatic heterocycles. The Morgan fingerprint density at radius 1 is 1.19 bits per heavy atom. The lowest BCUT2D eigenvalue weighted by Gasteiger charge is -2.32. The number of piperidine rings is 1. The van der Waals surface area contributed by atoms with E-state index in [1.54, 1.807) is 6.07 Å². The third-order valence-electron chi connectivity index (χ3n) is 4.06. The van der Waals surface area contributed by atoms with Gasteiger partial charge in [0.2, 0.25) is 0 Å². The predicted molar refractivity (Wildman–Crippen MR) is 58.3 cm³/mol. The molecule has 86 valence electrons. The highest BCUT2D eigenvalue weighted by atomic mass is 19.2. The van der Waals surface area contributed by atoms with Crippen LogP contribution in [0.1, 0.15) is 30.7 Å². The van der Waals surface area contributed by atoms with Crippen LogP contribution in [0.15, 0.2) is 18.2 Å². The molecule has 1 heterocycles. The van der Waals surface area contributed by atoms with Gasteiger partial charge in [-0.05, 0) is 54.8 Å². The van der Waals surface area contributed by atoms with Crippen molar-refractivity contribution in [2.75, 3.05) is 13.1 Å². The molecule has 1 aromatic carbocycles. The van der Waals surface area contributed by atoms with Gasteiger partial charge >= 0.3 is 0 Å². The molecule has 1 aliphatic heterocycles. The monoisotopic (exact) mass is 223 g/mol. The quantitative estimate of drug-likeness (QED) is 0.772. The fourth-order valence-corrected chi connectivity index (χ4v) is 2.95. The summed E-state index contributed by atoms with van der Waals surface area (Å²) in [6.07, 6.45) is 3.46. The Hall–Kier alpha value is -0.960. The molecular formula is C13H15F2N. The molecule has 3 rings (SSSR count). The number of nitrogens with one attached hydrogen (secondary N) is 1. The van der Waals surface area contributed by atoms with Crippen molar-refractivity contribution in [1.29, 1.82) is 0 Å². The SMILES string of the molecule is Fc1ccc([C@@H]2CCNCC23CC3)cc1F. The van der Waals surface area contributed by atoms with Gasteiger partial charge in [0.15, 0.2) is 11.6 Å². The first-order valence-corrected chi connectivity index (χ1v) is 5.87. The second-order valence-electron chi connectivity index (χ2n) is 5.05. The fourth-order valence-electron chi connectivity index (χ4n) is 2.95. The minimum atomic E-state index is -0.748. The van der Waals surface area contributed by atoms with E-state index < -0.39 is 11.6 Å². The Bertz CT molecular complexity index is 412. The highest BCUT2D eigenvalue weighted by molar-refractivity contribution is 5.27. The van der Waals surface area contributed by atoms with Gasteiger partial charge in [-0.15, -0.1) is 0 Å². The number of hydrogen-bond donors (Lipinski definition) is 1. The van der Waals surface area contributed by atoms with Crippen molar-refractivity contribution >= 4 is 0 Å². The van der Waals surface area contributed by atoms with Gasteiger partial charge in [-0.25, -0.2) is 8.78 Å². The van der Waals surface area contributed by atoms with Crippen LogP contribution in [0.4, 0.5) is 8.78 Å². The summed E-state index contributed by atoms with van der Waals surface area (Å²) >= 11 is 0. The van der Waals surface area contributed by atoms with Gasteiger partial charge in [0.25, 0.3) is 0 Å². The lowest BCUT2D eigenvalue weighted by atomic mass is 9.78. The predicted octanol–water partition coefficient (Wildman–Crippen LogP) is 2.82. The minimum Gasteiger partial charge on any atom is -0.316 e. The summed E-state index contributed by atoms with van der Waals surface area (Å²) in [6, 6.07) is 4.38. The normalized spacial score (nSPS) is 27.0. The molecule has 1 saturated carbocycles. The maximum absolute atomic E-state index is 13.2. The Morgan fingerprint density at radius 3 is 2.69 bits per heavy atom. The first-order valence-electron chi connectivity index (χ1n) is 5.87. The summed E-state index contributed by atoms with van der Waals surface area (Å²) in [5, 5.41) is 3.40. The number of rotatable bonds is 1. The lowest BCUT2D eigenvalue weighted by molar-refractivity contribution is 0.303. The van der Waals surface area contributed by atoms with Crippen LogP contribution in [0.3, 0.4) is 0 Å². The van der Waals surface area contributed by atoms with Gasteiger partial charge in [0.1, 0.15) is 0 Å². The Balaban J connectivity index is 1.93. The molecule has 1 spiro atoms. The standard InChI is InChI=1S/C13H15F2N/c14-11-2-1-9(7-12(11)15)10-3-6-16-8-13(10)4-5-13/h1-2,7,10,16H,3-6,8H2/t10-/m0/s1. The minimum absolute atomic E-state index is 0.336. The van der Waals surface area contributed by atoms with Crippen LogP contribution in [0.25, 0.3) is 0 Å². The summed E-state index contributed by atoms with van der Waals surface area (Å²) in [6.45, 7) is 2.00. The Labute approximate surface area is 93.9 Å². The van der Waals surface area contributed by atoms with Crippen molar-refractivity contribution in [3.05, 3.63) is 35.4 Å². The molecule has 1 atom stereocenters. The molecule has 1 nitrogen and oxygen atoms in total. The maximum Gasteiger partial charge on any atom is 0.159 e. The third kappa shape index (κ3) is 1.54. The van der Waals surface area contributed by atoms with Crippen molar-refractivity contribution < 1.29 is 8.78 Å². The molecule has 0 bridgehead atoms. The van der Waals surface area contributed by atoms with Crippen molar-refractivity contribution in [2.24, 2.45) is 5.41 Å². The fraction of sp³-hybridized carbons (Fsp3) is 0.538. The molecular weight excluding hydrogens is 208 g/mol. The van der Waals surface area contributed by atoms with Crippen LogP contribution in [-0.2, 0) is 0 Å². The molecule has 1 aliphatic carbocycles.